The zero-order chi connectivity index (χ0) is 17.1. The van der Waals surface area contributed by atoms with E-state index in [-0.39, 0.29) is 10.6 Å². The third kappa shape index (κ3) is 2.20. The fraction of sp³-hybridized carbons (Fsp3) is 0.429. The normalized spacial score (nSPS) is 32.0. The Hall–Kier alpha value is -2.36. The molecule has 0 spiro atoms. The first kappa shape index (κ1) is 14.9. The molecule has 0 amide bonds. The molecule has 2 aromatic rings. The van der Waals surface area contributed by atoms with Crippen molar-refractivity contribution in [1.29, 1.82) is 0 Å². The van der Waals surface area contributed by atoms with Gasteiger partial charge in [0.25, 0.3) is 5.69 Å². The van der Waals surface area contributed by atoms with Crippen LogP contribution >= 0.6 is 0 Å². The van der Waals surface area contributed by atoms with Crippen LogP contribution in [0, 0.1) is 34.8 Å². The molecule has 1 N–H and O–H groups in total. The van der Waals surface area contributed by atoms with Gasteiger partial charge in [-0.25, -0.2) is 0 Å². The Bertz CT molecular complexity index is 863. The number of aryl methyl sites for hydroxylation is 1. The summed E-state index contributed by atoms with van der Waals surface area (Å²) in [5, 5.41) is 15.0. The smallest absolute Gasteiger partial charge is 0.269 e. The van der Waals surface area contributed by atoms with Crippen molar-refractivity contribution in [3.8, 4) is 0 Å². The van der Waals surface area contributed by atoms with E-state index in [1.807, 2.05) is 12.1 Å². The van der Waals surface area contributed by atoms with E-state index < -0.39 is 0 Å². The van der Waals surface area contributed by atoms with Gasteiger partial charge in [0.05, 0.1) is 11.0 Å². The Kier molecular flexibility index (Phi) is 3.18. The van der Waals surface area contributed by atoms with Gasteiger partial charge in [0.2, 0.25) is 0 Å². The predicted octanol–water partition coefficient (Wildman–Crippen LogP) is 5.20. The van der Waals surface area contributed by atoms with E-state index in [1.54, 1.807) is 6.07 Å². The molecule has 1 aliphatic heterocycles. The van der Waals surface area contributed by atoms with Gasteiger partial charge in [0.1, 0.15) is 0 Å². The zero-order valence-electron chi connectivity index (χ0n) is 14.3. The first-order valence-electron chi connectivity index (χ1n) is 9.23. The minimum Gasteiger partial charge on any atom is -0.378 e. The number of fused-ring (bicyclic) bond motifs is 7. The SMILES string of the molecule is Cc1cccc(C2Nc3ccc([N+](=O)[O-])cc3C3C4CCC(C4)C23)c1. The molecule has 2 saturated carbocycles. The molecule has 25 heavy (non-hydrogen) atoms. The molecular weight excluding hydrogens is 312 g/mol. The van der Waals surface area contributed by atoms with E-state index in [0.29, 0.717) is 23.8 Å². The number of nitro groups is 1. The van der Waals surface area contributed by atoms with Crippen molar-refractivity contribution in [3.05, 3.63) is 69.3 Å². The maximum Gasteiger partial charge on any atom is 0.269 e. The van der Waals surface area contributed by atoms with Crippen LogP contribution in [0.25, 0.3) is 0 Å². The summed E-state index contributed by atoms with van der Waals surface area (Å²) in [5.41, 5.74) is 5.12. The number of hydrogen-bond acceptors (Lipinski definition) is 3. The maximum atomic E-state index is 11.2. The lowest BCUT2D eigenvalue weighted by atomic mass is 9.68. The Morgan fingerprint density at radius 2 is 1.96 bits per heavy atom. The van der Waals surface area contributed by atoms with E-state index >= 15 is 0 Å². The highest BCUT2D eigenvalue weighted by atomic mass is 16.6. The van der Waals surface area contributed by atoms with Crippen molar-refractivity contribution >= 4 is 11.4 Å². The highest BCUT2D eigenvalue weighted by molar-refractivity contribution is 5.62. The number of non-ortho nitro benzene ring substituents is 1. The number of hydrogen-bond donors (Lipinski definition) is 1. The van der Waals surface area contributed by atoms with Gasteiger partial charge in [0, 0.05) is 17.8 Å². The van der Waals surface area contributed by atoms with Crippen molar-refractivity contribution in [3.63, 3.8) is 0 Å². The number of benzene rings is 2. The first-order chi connectivity index (χ1) is 12.1. The van der Waals surface area contributed by atoms with Crippen LogP contribution in [0.3, 0.4) is 0 Å². The van der Waals surface area contributed by atoms with Gasteiger partial charge in [-0.15, -0.1) is 0 Å². The van der Waals surface area contributed by atoms with Gasteiger partial charge in [-0.05, 0) is 67.1 Å². The van der Waals surface area contributed by atoms with Gasteiger partial charge in [-0.1, -0.05) is 29.8 Å². The lowest BCUT2D eigenvalue weighted by Crippen LogP contribution is -2.35. The number of rotatable bonds is 2. The van der Waals surface area contributed by atoms with E-state index in [1.165, 1.54) is 36.0 Å². The van der Waals surface area contributed by atoms with Crippen LogP contribution in [-0.2, 0) is 0 Å². The quantitative estimate of drug-likeness (QED) is 0.606. The van der Waals surface area contributed by atoms with Gasteiger partial charge in [-0.3, -0.25) is 10.1 Å². The first-order valence-corrected chi connectivity index (χ1v) is 9.23. The molecule has 0 radical (unpaired) electrons. The van der Waals surface area contributed by atoms with Crippen LogP contribution in [0.1, 0.15) is 47.9 Å². The number of nitrogens with zero attached hydrogens (tertiary/aromatic N) is 1. The van der Waals surface area contributed by atoms with Crippen molar-refractivity contribution in [2.75, 3.05) is 5.32 Å². The Labute approximate surface area is 147 Å². The summed E-state index contributed by atoms with van der Waals surface area (Å²) < 4.78 is 0. The summed E-state index contributed by atoms with van der Waals surface area (Å²) in [7, 11) is 0. The molecule has 2 fully saturated rings. The van der Waals surface area contributed by atoms with Crippen LogP contribution in [0.2, 0.25) is 0 Å². The van der Waals surface area contributed by atoms with E-state index in [0.717, 1.165) is 11.6 Å². The highest BCUT2D eigenvalue weighted by Gasteiger charge is 2.54. The van der Waals surface area contributed by atoms with E-state index in [4.69, 9.17) is 0 Å². The topological polar surface area (TPSA) is 55.2 Å². The minimum atomic E-state index is -0.269. The molecule has 0 saturated heterocycles. The third-order valence-electron chi connectivity index (χ3n) is 6.68. The van der Waals surface area contributed by atoms with E-state index in [2.05, 4.69) is 36.5 Å². The summed E-state index contributed by atoms with van der Waals surface area (Å²) in [4.78, 5) is 11.0. The highest BCUT2D eigenvalue weighted by Crippen LogP contribution is 2.63. The molecule has 2 aliphatic carbocycles. The van der Waals surface area contributed by atoms with Gasteiger partial charge in [0.15, 0.2) is 0 Å². The van der Waals surface area contributed by atoms with Gasteiger partial charge >= 0.3 is 0 Å². The summed E-state index contributed by atoms with van der Waals surface area (Å²) >= 11 is 0. The third-order valence-corrected chi connectivity index (χ3v) is 6.68. The molecule has 4 nitrogen and oxygen atoms in total. The summed E-state index contributed by atoms with van der Waals surface area (Å²) in [5.74, 6) is 2.43. The second-order valence-electron chi connectivity index (χ2n) is 8.00. The molecule has 5 rings (SSSR count). The van der Waals surface area contributed by atoms with Crippen molar-refractivity contribution < 1.29 is 4.92 Å². The Balaban J connectivity index is 1.64. The summed E-state index contributed by atoms with van der Waals surface area (Å²) in [6.45, 7) is 2.14. The maximum absolute atomic E-state index is 11.2. The average molecular weight is 334 g/mol. The standard InChI is InChI=1S/C21H22N2O2/c1-12-3-2-4-15(9-12)21-20-14-6-5-13(10-14)19(20)17-11-16(23(24)25)7-8-18(17)22-21/h2-4,7-9,11,13-14,19-22H,5-6,10H2,1H3. The van der Waals surface area contributed by atoms with Crippen LogP contribution < -0.4 is 5.32 Å². The fourth-order valence-electron chi connectivity index (χ4n) is 5.78. The molecule has 1 heterocycles. The summed E-state index contributed by atoms with van der Waals surface area (Å²) in [6.07, 6.45) is 3.86. The monoisotopic (exact) mass is 334 g/mol. The Morgan fingerprint density at radius 3 is 2.76 bits per heavy atom. The lowest BCUT2D eigenvalue weighted by molar-refractivity contribution is -0.384. The number of nitrogens with one attached hydrogen (secondary N) is 1. The largest absolute Gasteiger partial charge is 0.378 e. The van der Waals surface area contributed by atoms with Gasteiger partial charge in [-0.2, -0.15) is 0 Å². The van der Waals surface area contributed by atoms with Crippen LogP contribution in [0.15, 0.2) is 42.5 Å². The fourth-order valence-corrected chi connectivity index (χ4v) is 5.78. The molecule has 2 aromatic carbocycles. The van der Waals surface area contributed by atoms with Crippen LogP contribution in [0.4, 0.5) is 11.4 Å². The lowest BCUT2D eigenvalue weighted by Gasteiger charge is -2.43. The molecule has 2 bridgehead atoms. The molecule has 3 aliphatic rings. The number of nitro benzene ring substituents is 1. The molecular formula is C21H22N2O2. The van der Waals surface area contributed by atoms with E-state index in [9.17, 15) is 10.1 Å². The minimum absolute atomic E-state index is 0.219. The van der Waals surface area contributed by atoms with Crippen molar-refractivity contribution in [1.82, 2.24) is 0 Å². The van der Waals surface area contributed by atoms with Crippen molar-refractivity contribution in [2.45, 2.75) is 38.1 Å². The predicted molar refractivity (Wildman–Crippen MR) is 97.7 cm³/mol. The molecule has 5 unspecified atom stereocenters. The number of anilines is 1. The summed E-state index contributed by atoms with van der Waals surface area (Å²) in [6, 6.07) is 14.5. The van der Waals surface area contributed by atoms with Gasteiger partial charge < -0.3 is 5.32 Å². The molecule has 5 atom stereocenters. The zero-order valence-corrected chi connectivity index (χ0v) is 14.3. The van der Waals surface area contributed by atoms with Crippen molar-refractivity contribution in [2.24, 2.45) is 17.8 Å². The molecule has 0 aromatic heterocycles. The van der Waals surface area contributed by atoms with Crippen LogP contribution in [-0.4, -0.2) is 4.92 Å². The van der Waals surface area contributed by atoms with Crippen LogP contribution in [0.5, 0.6) is 0 Å². The molecule has 4 heteroatoms. The second kappa shape index (κ2) is 5.32. The molecule has 128 valence electrons. The second-order valence-corrected chi connectivity index (χ2v) is 8.00. The Morgan fingerprint density at radius 1 is 1.12 bits per heavy atom. The average Bonchev–Trinajstić information content (AvgIpc) is 3.22.